The Morgan fingerprint density at radius 2 is 2.23 bits per heavy atom. The molecule has 2 aliphatic heterocycles. The Labute approximate surface area is 176 Å². The number of aromatic nitrogens is 2. The van der Waals surface area contributed by atoms with Gasteiger partial charge in [-0.05, 0) is 37.7 Å². The number of nitrogens with one attached hydrogen (secondary N) is 1. The number of phenols is 1. The summed E-state index contributed by atoms with van der Waals surface area (Å²) in [6, 6.07) is 6.46. The predicted molar refractivity (Wildman–Crippen MR) is 109 cm³/mol. The molecule has 0 saturated carbocycles. The first-order chi connectivity index (χ1) is 15.7. The van der Waals surface area contributed by atoms with Gasteiger partial charge in [-0.2, -0.15) is 0 Å². The zero-order valence-electron chi connectivity index (χ0n) is 19.2. The summed E-state index contributed by atoms with van der Waals surface area (Å²) in [5, 5.41) is 22.6. The number of rotatable bonds is 3. The van der Waals surface area contributed by atoms with Crippen molar-refractivity contribution in [3.05, 3.63) is 56.9 Å². The summed E-state index contributed by atoms with van der Waals surface area (Å²) in [7, 11) is 0. The highest BCUT2D eigenvalue weighted by Gasteiger charge is 2.45. The van der Waals surface area contributed by atoms with Crippen molar-refractivity contribution >= 4 is 16.9 Å². The normalized spacial score (nSPS) is 21.1. The van der Waals surface area contributed by atoms with E-state index in [1.807, 2.05) is 0 Å². The Morgan fingerprint density at radius 1 is 1.40 bits per heavy atom. The van der Waals surface area contributed by atoms with Crippen molar-refractivity contribution in [2.45, 2.75) is 38.6 Å². The van der Waals surface area contributed by atoms with Gasteiger partial charge in [0.25, 0.3) is 5.56 Å². The number of pyridine rings is 2. The van der Waals surface area contributed by atoms with Crippen LogP contribution in [0.3, 0.4) is 0 Å². The van der Waals surface area contributed by atoms with Crippen LogP contribution in [0.5, 0.6) is 5.75 Å². The van der Waals surface area contributed by atoms with E-state index < -0.39 is 18.6 Å². The number of fused-ring (bicyclic) bond motifs is 5. The molecular formula is C22H21N3O5. The second-order valence-corrected chi connectivity index (χ2v) is 7.57. The van der Waals surface area contributed by atoms with E-state index in [-0.39, 0.29) is 48.6 Å². The topological polar surface area (TPSA) is 114 Å². The van der Waals surface area contributed by atoms with E-state index in [4.69, 9.17) is 13.9 Å². The summed E-state index contributed by atoms with van der Waals surface area (Å²) in [4.78, 5) is 30.2. The first kappa shape index (κ1) is 15.6. The Balaban J connectivity index is 1.70. The fraction of sp³-hybridized carbons (Fsp3) is 0.318. The molecule has 1 atom stereocenters. The summed E-state index contributed by atoms with van der Waals surface area (Å²) in [6.07, 6.45) is 0.0546. The van der Waals surface area contributed by atoms with Crippen molar-refractivity contribution in [1.82, 2.24) is 14.9 Å². The van der Waals surface area contributed by atoms with E-state index in [0.717, 1.165) is 5.31 Å². The van der Waals surface area contributed by atoms with Crippen LogP contribution in [0.25, 0.3) is 22.3 Å². The number of hydrogen-bond donors (Lipinski definition) is 3. The summed E-state index contributed by atoms with van der Waals surface area (Å²) in [5.41, 5.74) is 0.780. The third-order valence-corrected chi connectivity index (χ3v) is 6.03. The monoisotopic (exact) mass is 410 g/mol. The van der Waals surface area contributed by atoms with Gasteiger partial charge in [0.15, 0.2) is 5.60 Å². The minimum atomic E-state index is -1.90. The third kappa shape index (κ3) is 2.37. The smallest absolute Gasteiger partial charge is 0.343 e. The molecule has 0 unspecified atom stereocenters. The van der Waals surface area contributed by atoms with Crippen molar-refractivity contribution in [1.29, 1.82) is 0 Å². The lowest BCUT2D eigenvalue weighted by atomic mass is 9.86. The van der Waals surface area contributed by atoms with Crippen LogP contribution in [0.1, 0.15) is 38.3 Å². The van der Waals surface area contributed by atoms with Gasteiger partial charge in [0, 0.05) is 31.4 Å². The van der Waals surface area contributed by atoms with Crippen molar-refractivity contribution in [2.24, 2.45) is 0 Å². The fourth-order valence-corrected chi connectivity index (χ4v) is 4.36. The van der Waals surface area contributed by atoms with Gasteiger partial charge in [-0.3, -0.25) is 4.79 Å². The van der Waals surface area contributed by atoms with Crippen LogP contribution >= 0.6 is 0 Å². The molecule has 0 fully saturated rings. The summed E-state index contributed by atoms with van der Waals surface area (Å²) < 4.78 is 29.2. The molecule has 30 heavy (non-hydrogen) atoms. The molecule has 4 heterocycles. The number of phenolic OH excluding ortho intramolecular Hbond substituents is 1. The average molecular weight is 410 g/mol. The number of cyclic esters (lactones) is 1. The van der Waals surface area contributed by atoms with Crippen LogP contribution < -0.4 is 10.9 Å². The number of carbonyl (C=O) groups excluding carboxylic acids is 1. The van der Waals surface area contributed by atoms with E-state index in [1.165, 1.54) is 10.6 Å². The zero-order valence-corrected chi connectivity index (χ0v) is 16.2. The van der Waals surface area contributed by atoms with Crippen molar-refractivity contribution in [2.75, 3.05) is 7.00 Å². The second kappa shape index (κ2) is 6.38. The SMILES string of the molecule is [2H]C([2H])N([2H])Cc1c(O)ccc2nc3c(cc12)Cn1c-3cc2c(c1=O)COC(=O)[C@]2(O)CC. The molecular weight excluding hydrogens is 386 g/mol. The molecule has 0 saturated heterocycles. The van der Waals surface area contributed by atoms with E-state index >= 15 is 0 Å². The summed E-state index contributed by atoms with van der Waals surface area (Å²) >= 11 is 0. The molecule has 0 aliphatic carbocycles. The van der Waals surface area contributed by atoms with Gasteiger partial charge in [0.1, 0.15) is 13.8 Å². The number of benzene rings is 1. The second-order valence-electron chi connectivity index (χ2n) is 7.57. The van der Waals surface area contributed by atoms with E-state index in [9.17, 15) is 19.8 Å². The molecule has 8 nitrogen and oxygen atoms in total. The van der Waals surface area contributed by atoms with Gasteiger partial charge in [-0.15, -0.1) is 0 Å². The van der Waals surface area contributed by atoms with Crippen LogP contribution in [0, 0.1) is 0 Å². The molecule has 0 amide bonds. The number of esters is 1. The molecule has 0 bridgehead atoms. The lowest BCUT2D eigenvalue weighted by Crippen LogP contribution is -2.44. The first-order valence-electron chi connectivity index (χ1n) is 11.2. The molecule has 5 rings (SSSR count). The van der Waals surface area contributed by atoms with Crippen molar-refractivity contribution < 1.29 is 23.9 Å². The van der Waals surface area contributed by atoms with Gasteiger partial charge in [0.2, 0.25) is 0 Å². The number of aliphatic hydroxyl groups is 1. The Kier molecular flexibility index (Phi) is 3.32. The molecule has 3 aromatic rings. The van der Waals surface area contributed by atoms with Gasteiger partial charge >= 0.3 is 5.97 Å². The molecule has 2 aliphatic rings. The molecule has 1 aromatic carbocycles. The maximum Gasteiger partial charge on any atom is 0.343 e. The molecule has 154 valence electrons. The quantitative estimate of drug-likeness (QED) is 0.439. The van der Waals surface area contributed by atoms with Crippen LogP contribution in [0.2, 0.25) is 1.41 Å². The van der Waals surface area contributed by atoms with Crippen LogP contribution in [-0.4, -0.2) is 32.7 Å². The van der Waals surface area contributed by atoms with E-state index in [1.54, 1.807) is 25.1 Å². The Bertz CT molecular complexity index is 1390. The number of hydrogen-bond acceptors (Lipinski definition) is 7. The highest BCUT2D eigenvalue weighted by atomic mass is 16.6. The lowest BCUT2D eigenvalue weighted by Gasteiger charge is -2.31. The number of nitrogens with zero attached hydrogens (tertiary/aromatic N) is 2. The van der Waals surface area contributed by atoms with Gasteiger partial charge in [-0.25, -0.2) is 9.78 Å². The highest BCUT2D eigenvalue weighted by Crippen LogP contribution is 2.39. The largest absolute Gasteiger partial charge is 0.508 e. The maximum absolute atomic E-state index is 13.2. The number of aromatic hydroxyl groups is 1. The fourth-order valence-electron chi connectivity index (χ4n) is 4.36. The number of ether oxygens (including phenoxy) is 1. The van der Waals surface area contributed by atoms with Crippen LogP contribution in [0.15, 0.2) is 29.1 Å². The molecule has 8 heteroatoms. The highest BCUT2D eigenvalue weighted by molar-refractivity contribution is 5.89. The zero-order chi connectivity index (χ0) is 23.7. The molecule has 3 N–H and O–H groups in total. The lowest BCUT2D eigenvalue weighted by molar-refractivity contribution is -0.172. The van der Waals surface area contributed by atoms with Crippen LogP contribution in [-0.2, 0) is 34.8 Å². The molecule has 0 radical (unpaired) electrons. The van der Waals surface area contributed by atoms with Gasteiger partial charge in [-0.1, -0.05) is 6.92 Å². The van der Waals surface area contributed by atoms with Crippen LogP contribution in [0.4, 0.5) is 0 Å². The minimum absolute atomic E-state index is 0.0546. The minimum Gasteiger partial charge on any atom is -0.508 e. The van der Waals surface area contributed by atoms with Gasteiger partial charge in [0.05, 0.1) is 29.0 Å². The van der Waals surface area contributed by atoms with E-state index in [2.05, 4.69) is 0 Å². The third-order valence-electron chi connectivity index (χ3n) is 6.03. The molecule has 2 aromatic heterocycles. The average Bonchev–Trinajstić information content (AvgIpc) is 3.15. The summed E-state index contributed by atoms with van der Waals surface area (Å²) in [5.74, 6) is -0.859. The van der Waals surface area contributed by atoms with Gasteiger partial charge < -0.3 is 24.8 Å². The number of carbonyl (C=O) groups is 1. The molecule has 0 spiro atoms. The standard InChI is InChI=1S/C22H21N3O5/c1-3-22(29)15-7-17-19-11(9-25(17)20(27)14(15)10-30-21(22)28)6-12-13(8-23-2)18(26)5-4-16(12)24-19/h4-7,23,26,29H,3,8-10H2,1-2H3/t22-/m0/s1/i2D2/hD. The Morgan fingerprint density at radius 3 is 3.00 bits per heavy atom. The first-order valence-corrected chi connectivity index (χ1v) is 9.57. The van der Waals surface area contributed by atoms with Crippen molar-refractivity contribution in [3.8, 4) is 17.1 Å². The maximum atomic E-state index is 13.2. The predicted octanol–water partition coefficient (Wildman–Crippen LogP) is 1.50. The Hall–Kier alpha value is -3.23. The summed E-state index contributed by atoms with van der Waals surface area (Å²) in [6.45, 7) is -0.0374. The van der Waals surface area contributed by atoms with E-state index in [0.29, 0.717) is 33.4 Å². The van der Waals surface area contributed by atoms with Crippen molar-refractivity contribution in [3.63, 3.8) is 0 Å².